The van der Waals surface area contributed by atoms with Crippen LogP contribution in [0.5, 0.6) is 51.7 Å². The number of nitriles is 1. The zero-order valence-electron chi connectivity index (χ0n) is 80.2. The minimum atomic E-state index is -0.699. The maximum Gasteiger partial charge on any atom is 0.318 e. The number of non-ortho nitro benzene ring substituents is 2. The van der Waals surface area contributed by atoms with E-state index in [9.17, 15) is 30.3 Å². The van der Waals surface area contributed by atoms with Crippen LogP contribution in [0.15, 0.2) is 340 Å². The Morgan fingerprint density at radius 2 is 0.734 bits per heavy atom. The highest BCUT2D eigenvalue weighted by molar-refractivity contribution is 5.99. The number of benzene rings is 17. The van der Waals surface area contributed by atoms with Gasteiger partial charge in [-0.1, -0.05) is 282 Å². The fourth-order valence-corrected chi connectivity index (χ4v) is 16.5. The summed E-state index contributed by atoms with van der Waals surface area (Å²) in [5.74, 6) is 8.56. The Labute approximate surface area is 810 Å². The van der Waals surface area contributed by atoms with Gasteiger partial charge in [0.25, 0.3) is 11.4 Å². The molecular formula is C119H115N5O15. The first-order valence-corrected chi connectivity index (χ1v) is 47.3. The van der Waals surface area contributed by atoms with Crippen LogP contribution >= 0.6 is 0 Å². The van der Waals surface area contributed by atoms with Crippen molar-refractivity contribution in [2.45, 2.75) is 151 Å². The SMILES string of the molecule is CCC(C)c1ccc(OCOc2c([N+](=O)[O-])cc([N+](=O)[O-])c3ccccc23)cc1.CCC(C)c1ccc(OCOc2ccc([N+](=O)[O-])c3cccnc23)cc1.CCC(C)c1ccc2cc(OCC(C)Oc3ccc4cc(C#N)ccc4c3)ccc2c1.CCC(C)c1ccc2cc(OCc3cccc4ccccc34)ccc2c1.CCC(C)c1cccc2c(OCOc3cccc4ccccc34)cccc12. The van der Waals surface area contributed by atoms with Gasteiger partial charge in [-0.2, -0.15) is 5.26 Å². The van der Waals surface area contributed by atoms with E-state index in [0.29, 0.717) is 76.5 Å². The standard InChI is InChI=1S/C28H27NO2.C25H24O2.C25H24O.C21H20N2O6.C20H20N2O4/c1-4-19(2)22-7-8-26-15-27(11-9-24(26)14-22)30-18-20(3)31-28-12-10-23-13-21(17-29)5-6-25(23)16-28;1-3-18(2)20-12-7-14-23-22(20)13-8-16-25(23)27-17-26-24-15-6-10-19-9-4-5-11-21(19)24;1-3-18(2)20-11-12-22-16-24(14-13-21(22)15-20)26-17-23-9-6-8-19-7-4-5-10-25(19)23;1-3-14(2)15-8-10-16(11-9-15)28-13-29-21-18-7-5-4-6-17(18)19(22(24)25)12-20(21)23(26)27;1-3-14(2)15-6-8-16(9-7-15)25-13-26-19-11-10-18(22(23)24)17-5-4-12-21-20(17)19/h5-16,19-20H,4,18H2,1-3H3;4-16,18H,3,17H2,1-2H3;4-16,18H,3,17H2,1-2H3;4-12,14H,3,13H2,1-2H3;4-12,14H,3,13H2,1-2H3. The molecule has 0 aliphatic rings. The second kappa shape index (κ2) is 47.9. The topological polar surface area (TPSA) is 249 Å². The Morgan fingerprint density at radius 1 is 0.309 bits per heavy atom. The molecule has 17 aromatic carbocycles. The molecule has 0 aliphatic carbocycles. The van der Waals surface area contributed by atoms with E-state index in [1.54, 1.807) is 42.6 Å². The van der Waals surface area contributed by atoms with E-state index in [-0.39, 0.29) is 54.4 Å². The Morgan fingerprint density at radius 3 is 1.32 bits per heavy atom. The average Bonchev–Trinajstić information content (AvgIpc) is 0.767. The van der Waals surface area contributed by atoms with Crippen molar-refractivity contribution in [3.8, 4) is 57.8 Å². The summed E-state index contributed by atoms with van der Waals surface area (Å²) in [6.07, 6.45) is 7.02. The van der Waals surface area contributed by atoms with Crippen molar-refractivity contribution in [1.82, 2.24) is 4.98 Å². The van der Waals surface area contributed by atoms with Crippen LogP contribution in [-0.2, 0) is 6.61 Å². The highest BCUT2D eigenvalue weighted by Gasteiger charge is 2.28. The quantitative estimate of drug-likeness (QED) is 0.0211. The van der Waals surface area contributed by atoms with Crippen LogP contribution in [0.2, 0.25) is 0 Å². The molecule has 0 saturated carbocycles. The molecule has 0 bridgehead atoms. The molecule has 1 heterocycles. The summed E-state index contributed by atoms with van der Waals surface area (Å²) in [4.78, 5) is 36.3. The molecule has 139 heavy (non-hydrogen) atoms. The number of fused-ring (bicyclic) bond motifs is 8. The van der Waals surface area contributed by atoms with Crippen LogP contribution < -0.4 is 42.6 Å². The van der Waals surface area contributed by atoms with E-state index in [1.807, 2.05) is 128 Å². The monoisotopic (exact) mass is 1850 g/mol. The smallest absolute Gasteiger partial charge is 0.318 e. The third-order valence-corrected chi connectivity index (χ3v) is 25.6. The number of rotatable bonds is 33. The first-order chi connectivity index (χ1) is 67.6. The summed E-state index contributed by atoms with van der Waals surface area (Å²) in [5.41, 5.74) is 8.12. The minimum Gasteiger partial charge on any atom is -0.490 e. The number of nitrogens with zero attached hydrogens (tertiary/aromatic N) is 5. The van der Waals surface area contributed by atoms with E-state index >= 15 is 0 Å². The largest absolute Gasteiger partial charge is 0.490 e. The van der Waals surface area contributed by atoms with Gasteiger partial charge < -0.3 is 42.6 Å². The number of ether oxygens (including phenoxy) is 9. The lowest BCUT2D eigenvalue weighted by Gasteiger charge is -2.16. The molecule has 0 saturated heterocycles. The van der Waals surface area contributed by atoms with Gasteiger partial charge in [0.1, 0.15) is 70.8 Å². The molecule has 0 N–H and O–H groups in total. The summed E-state index contributed by atoms with van der Waals surface area (Å²) in [6, 6.07) is 111. The van der Waals surface area contributed by atoms with Crippen LogP contribution in [0.4, 0.5) is 17.1 Å². The fourth-order valence-electron chi connectivity index (χ4n) is 16.5. The Bertz CT molecular complexity index is 7340. The molecule has 18 aromatic rings. The van der Waals surface area contributed by atoms with Crippen molar-refractivity contribution in [3.05, 3.63) is 409 Å². The first kappa shape index (κ1) is 98.8. The van der Waals surface area contributed by atoms with Crippen LogP contribution in [0.1, 0.15) is 177 Å². The lowest BCUT2D eigenvalue weighted by atomic mass is 9.93. The summed E-state index contributed by atoms with van der Waals surface area (Å²) >= 11 is 0. The van der Waals surface area contributed by atoms with Gasteiger partial charge in [0.05, 0.1) is 43.2 Å². The molecule has 6 atom stereocenters. The van der Waals surface area contributed by atoms with Crippen molar-refractivity contribution in [2.75, 3.05) is 27.0 Å². The second-order valence-corrected chi connectivity index (χ2v) is 34.7. The molecule has 1 aromatic heterocycles. The van der Waals surface area contributed by atoms with Crippen LogP contribution in [0.25, 0.3) is 86.3 Å². The Kier molecular flexibility index (Phi) is 34.0. The third-order valence-electron chi connectivity index (χ3n) is 25.6. The predicted molar refractivity (Wildman–Crippen MR) is 559 cm³/mol. The lowest BCUT2D eigenvalue weighted by Crippen LogP contribution is -2.21. The predicted octanol–water partition coefficient (Wildman–Crippen LogP) is 31.9. The number of nitro benzene ring substituents is 3. The molecule has 0 spiro atoms. The summed E-state index contributed by atoms with van der Waals surface area (Å²) in [5, 5.41) is 58.1. The highest BCUT2D eigenvalue weighted by Crippen LogP contribution is 2.43. The van der Waals surface area contributed by atoms with Gasteiger partial charge in [0, 0.05) is 28.4 Å². The van der Waals surface area contributed by atoms with E-state index < -0.39 is 20.5 Å². The zero-order chi connectivity index (χ0) is 97.9. The van der Waals surface area contributed by atoms with Crippen LogP contribution in [0, 0.1) is 41.7 Å². The molecule has 706 valence electrons. The number of hydrogen-bond donors (Lipinski definition) is 0. The normalized spacial score (nSPS) is 12.3. The Hall–Kier alpha value is -16.1. The van der Waals surface area contributed by atoms with Gasteiger partial charge in [0.2, 0.25) is 26.1 Å². The van der Waals surface area contributed by atoms with Gasteiger partial charge in [-0.25, -0.2) is 0 Å². The van der Waals surface area contributed by atoms with Crippen molar-refractivity contribution >= 4 is 103 Å². The molecule has 20 nitrogen and oxygen atoms in total. The third kappa shape index (κ3) is 25.3. The minimum absolute atomic E-state index is 0.00185. The zero-order valence-corrected chi connectivity index (χ0v) is 80.2. The van der Waals surface area contributed by atoms with Gasteiger partial charge in [0.15, 0.2) is 0 Å². The number of nitro groups is 3. The lowest BCUT2D eigenvalue weighted by molar-refractivity contribution is -0.393. The molecule has 0 fully saturated rings. The van der Waals surface area contributed by atoms with Gasteiger partial charge in [-0.05, 0) is 265 Å². The molecule has 18 rings (SSSR count). The maximum atomic E-state index is 11.5. The fraction of sp³-hybridized carbons (Fsp3) is 0.227. The van der Waals surface area contributed by atoms with E-state index in [0.717, 1.165) is 88.5 Å². The number of pyridine rings is 1. The Balaban J connectivity index is 0.000000139. The van der Waals surface area contributed by atoms with Crippen molar-refractivity contribution in [3.63, 3.8) is 0 Å². The van der Waals surface area contributed by atoms with E-state index in [1.165, 1.54) is 88.6 Å². The molecule has 20 heteroatoms. The molecule has 0 aliphatic heterocycles. The van der Waals surface area contributed by atoms with Crippen molar-refractivity contribution < 1.29 is 57.4 Å². The van der Waals surface area contributed by atoms with E-state index in [4.69, 9.17) is 47.9 Å². The molecule has 0 amide bonds. The van der Waals surface area contributed by atoms with Crippen molar-refractivity contribution in [1.29, 1.82) is 5.26 Å². The number of aromatic nitrogens is 1. The summed E-state index contributed by atoms with van der Waals surface area (Å²) in [6.45, 7) is 25.0. The molecular weight excluding hydrogens is 1740 g/mol. The van der Waals surface area contributed by atoms with Crippen molar-refractivity contribution in [2.24, 2.45) is 0 Å². The highest BCUT2D eigenvalue weighted by atomic mass is 16.7. The van der Waals surface area contributed by atoms with Gasteiger partial charge in [-0.3, -0.25) is 35.3 Å². The first-order valence-electron chi connectivity index (χ1n) is 47.3. The van der Waals surface area contributed by atoms with Gasteiger partial charge in [-0.15, -0.1) is 0 Å². The summed E-state index contributed by atoms with van der Waals surface area (Å²) < 4.78 is 52.5. The number of hydrogen-bond acceptors (Lipinski definition) is 17. The maximum absolute atomic E-state index is 11.5. The molecule has 0 radical (unpaired) electrons. The molecule has 6 unspecified atom stereocenters. The van der Waals surface area contributed by atoms with Gasteiger partial charge >= 0.3 is 5.69 Å². The second-order valence-electron chi connectivity index (χ2n) is 34.7. The van der Waals surface area contributed by atoms with Crippen LogP contribution in [-0.4, -0.2) is 52.8 Å². The summed E-state index contributed by atoms with van der Waals surface area (Å²) in [7, 11) is 0. The van der Waals surface area contributed by atoms with E-state index in [2.05, 4.69) is 238 Å². The average molecular weight is 1860 g/mol. The van der Waals surface area contributed by atoms with Crippen LogP contribution in [0.3, 0.4) is 0 Å².